The molecule has 0 saturated carbocycles. The van der Waals surface area contributed by atoms with Crippen molar-refractivity contribution in [2.75, 3.05) is 6.54 Å². The lowest BCUT2D eigenvalue weighted by Crippen LogP contribution is -2.48. The average Bonchev–Trinajstić information content (AvgIpc) is 3.43. The molecule has 4 rings (SSSR count). The fourth-order valence-corrected chi connectivity index (χ4v) is 4.17. The van der Waals surface area contributed by atoms with Crippen LogP contribution in [0.3, 0.4) is 0 Å². The summed E-state index contributed by atoms with van der Waals surface area (Å²) in [5.74, 6) is -3.11. The highest BCUT2D eigenvalue weighted by atomic mass is 16.6. The molecular formula is C27H24N6O10. The Bertz CT molecular complexity index is 1720. The second-order valence-electron chi connectivity index (χ2n) is 9.24. The van der Waals surface area contributed by atoms with Crippen LogP contribution in [0, 0.1) is 20.2 Å². The van der Waals surface area contributed by atoms with Crippen molar-refractivity contribution in [3.8, 4) is 28.7 Å². The van der Waals surface area contributed by atoms with Crippen LogP contribution >= 0.6 is 0 Å². The summed E-state index contributed by atoms with van der Waals surface area (Å²) < 4.78 is 1.26. The van der Waals surface area contributed by atoms with Crippen LogP contribution in [0.25, 0.3) is 5.69 Å². The molecule has 16 heteroatoms. The van der Waals surface area contributed by atoms with E-state index in [9.17, 15) is 50.2 Å². The van der Waals surface area contributed by atoms with E-state index in [-0.39, 0.29) is 47.8 Å². The minimum Gasteiger partial charge on any atom is -0.504 e. The molecule has 0 fully saturated rings. The lowest BCUT2D eigenvalue weighted by atomic mass is 10.1. The highest BCUT2D eigenvalue weighted by Gasteiger charge is 2.27. The summed E-state index contributed by atoms with van der Waals surface area (Å²) in [7, 11) is 0. The first-order valence-electron chi connectivity index (χ1n) is 12.5. The highest BCUT2D eigenvalue weighted by Crippen LogP contribution is 2.29. The van der Waals surface area contributed by atoms with Gasteiger partial charge in [-0.15, -0.1) is 0 Å². The Morgan fingerprint density at radius 1 is 0.884 bits per heavy atom. The van der Waals surface area contributed by atoms with Gasteiger partial charge in [0.15, 0.2) is 23.0 Å². The number of imidazole rings is 1. The molecule has 16 nitrogen and oxygen atoms in total. The predicted molar refractivity (Wildman–Crippen MR) is 148 cm³/mol. The lowest BCUT2D eigenvalue weighted by Gasteiger charge is -2.20. The molecule has 222 valence electrons. The number of phenolic OH excluding ortho intramolecular Hbond substituents is 4. The van der Waals surface area contributed by atoms with E-state index in [4.69, 9.17) is 0 Å². The summed E-state index contributed by atoms with van der Waals surface area (Å²) >= 11 is 0. The Morgan fingerprint density at radius 3 is 2.23 bits per heavy atom. The van der Waals surface area contributed by atoms with Crippen LogP contribution in [0.2, 0.25) is 0 Å². The Labute approximate surface area is 241 Å². The van der Waals surface area contributed by atoms with Gasteiger partial charge in [0.1, 0.15) is 11.7 Å². The zero-order chi connectivity index (χ0) is 31.3. The quantitative estimate of drug-likeness (QED) is 0.0837. The molecule has 0 aliphatic carbocycles. The number of nitrogens with zero attached hydrogens (tertiary/aromatic N) is 4. The Hall–Kier alpha value is -6.19. The van der Waals surface area contributed by atoms with Gasteiger partial charge in [-0.05, 0) is 48.4 Å². The molecule has 1 heterocycles. The maximum absolute atomic E-state index is 13.3. The van der Waals surface area contributed by atoms with Crippen molar-refractivity contribution >= 4 is 23.2 Å². The van der Waals surface area contributed by atoms with Gasteiger partial charge in [0.25, 0.3) is 17.3 Å². The van der Waals surface area contributed by atoms with E-state index in [1.807, 2.05) is 0 Å². The van der Waals surface area contributed by atoms with Gasteiger partial charge in [-0.1, -0.05) is 6.07 Å². The Balaban J connectivity index is 1.61. The molecule has 6 N–H and O–H groups in total. The highest BCUT2D eigenvalue weighted by molar-refractivity contribution is 5.98. The summed E-state index contributed by atoms with van der Waals surface area (Å²) in [5, 5.41) is 66.6. The normalized spacial score (nSPS) is 11.4. The van der Waals surface area contributed by atoms with E-state index in [1.165, 1.54) is 41.4 Å². The molecule has 4 aromatic rings. The van der Waals surface area contributed by atoms with Gasteiger partial charge >= 0.3 is 0 Å². The smallest absolute Gasteiger partial charge is 0.300 e. The first-order valence-corrected chi connectivity index (χ1v) is 12.5. The summed E-state index contributed by atoms with van der Waals surface area (Å²) in [6.07, 6.45) is 2.54. The van der Waals surface area contributed by atoms with E-state index in [2.05, 4.69) is 15.6 Å². The van der Waals surface area contributed by atoms with Crippen LogP contribution in [0.4, 0.5) is 11.4 Å². The molecule has 1 aromatic heterocycles. The van der Waals surface area contributed by atoms with E-state index >= 15 is 0 Å². The monoisotopic (exact) mass is 592 g/mol. The summed E-state index contributed by atoms with van der Waals surface area (Å²) in [6, 6.07) is 9.24. The number of nitro benzene ring substituents is 2. The van der Waals surface area contributed by atoms with Gasteiger partial charge in [-0.25, -0.2) is 4.98 Å². The molecule has 0 aliphatic rings. The van der Waals surface area contributed by atoms with Crippen LogP contribution in [-0.4, -0.2) is 64.2 Å². The third kappa shape index (κ3) is 6.94. The number of hydrogen-bond acceptors (Lipinski definition) is 11. The van der Waals surface area contributed by atoms with Crippen molar-refractivity contribution in [3.63, 3.8) is 0 Å². The van der Waals surface area contributed by atoms with Crippen molar-refractivity contribution < 1.29 is 39.9 Å². The Morgan fingerprint density at radius 2 is 1.58 bits per heavy atom. The van der Waals surface area contributed by atoms with Crippen molar-refractivity contribution in [1.82, 2.24) is 20.2 Å². The number of nitro groups is 2. The van der Waals surface area contributed by atoms with Crippen LogP contribution < -0.4 is 10.6 Å². The van der Waals surface area contributed by atoms with Crippen molar-refractivity contribution in [3.05, 3.63) is 104 Å². The van der Waals surface area contributed by atoms with E-state index in [1.54, 1.807) is 6.07 Å². The number of hydrogen-bond donors (Lipinski definition) is 6. The predicted octanol–water partition coefficient (Wildman–Crippen LogP) is 2.21. The van der Waals surface area contributed by atoms with Crippen LogP contribution in [-0.2, 0) is 17.6 Å². The number of carbonyl (C=O) groups is 2. The molecule has 0 spiro atoms. The number of carbonyl (C=O) groups excluding carboxylic acids is 2. The van der Waals surface area contributed by atoms with Gasteiger partial charge < -0.3 is 31.1 Å². The average molecular weight is 593 g/mol. The number of aromatic hydroxyl groups is 4. The molecule has 0 aliphatic heterocycles. The molecule has 0 unspecified atom stereocenters. The topological polar surface area (TPSA) is 243 Å². The molecule has 0 bridgehead atoms. The molecule has 2 amide bonds. The minimum absolute atomic E-state index is 0.0580. The molecular weight excluding hydrogens is 568 g/mol. The minimum atomic E-state index is -1.29. The van der Waals surface area contributed by atoms with Crippen LogP contribution in [0.5, 0.6) is 23.0 Å². The van der Waals surface area contributed by atoms with Crippen LogP contribution in [0.1, 0.15) is 21.6 Å². The SMILES string of the molecule is O=C(N[C@@H](Cc1cncn1-c1ccc([N+](=O)[O-])cc1[N+](=O)[O-])C(=O)NCCc1ccc(O)c(O)c1)c1ccc(O)c(O)c1. The van der Waals surface area contributed by atoms with Gasteiger partial charge in [0.05, 0.1) is 22.2 Å². The number of aromatic nitrogens is 2. The fourth-order valence-electron chi connectivity index (χ4n) is 4.17. The second-order valence-corrected chi connectivity index (χ2v) is 9.24. The largest absolute Gasteiger partial charge is 0.504 e. The van der Waals surface area contributed by atoms with E-state index < -0.39 is 50.6 Å². The second kappa shape index (κ2) is 12.5. The molecule has 3 aromatic carbocycles. The van der Waals surface area contributed by atoms with Gasteiger partial charge in [0, 0.05) is 36.5 Å². The maximum Gasteiger partial charge on any atom is 0.300 e. The third-order valence-electron chi connectivity index (χ3n) is 6.37. The lowest BCUT2D eigenvalue weighted by molar-refractivity contribution is -0.394. The first-order chi connectivity index (χ1) is 20.4. The zero-order valence-electron chi connectivity index (χ0n) is 22.1. The molecule has 0 radical (unpaired) electrons. The van der Waals surface area contributed by atoms with Crippen molar-refractivity contribution in [1.29, 1.82) is 0 Å². The standard InChI is InChI=1S/C27H24N6O10/c34-22-5-1-15(9-24(22)36)7-8-29-27(39)19(30-26(38)16-2-6-23(35)25(37)10-16)11-18-13-28-14-31(18)20-4-3-17(32(40)41)12-21(20)33(42)43/h1-6,9-10,12-14,19,34-37H,7-8,11H2,(H,29,39)(H,30,38)/t19-/m0/s1. The van der Waals surface area contributed by atoms with E-state index in [0.29, 0.717) is 5.56 Å². The fraction of sp³-hybridized carbons (Fsp3) is 0.148. The van der Waals surface area contributed by atoms with Gasteiger partial charge in [-0.2, -0.15) is 0 Å². The number of benzene rings is 3. The van der Waals surface area contributed by atoms with Crippen molar-refractivity contribution in [2.45, 2.75) is 18.9 Å². The van der Waals surface area contributed by atoms with E-state index in [0.717, 1.165) is 24.3 Å². The van der Waals surface area contributed by atoms with Crippen molar-refractivity contribution in [2.24, 2.45) is 0 Å². The van der Waals surface area contributed by atoms with Crippen LogP contribution in [0.15, 0.2) is 67.1 Å². The third-order valence-corrected chi connectivity index (χ3v) is 6.37. The summed E-state index contributed by atoms with van der Waals surface area (Å²) in [4.78, 5) is 51.6. The Kier molecular flexibility index (Phi) is 8.69. The number of nitrogens with one attached hydrogen (secondary N) is 2. The number of amides is 2. The molecule has 43 heavy (non-hydrogen) atoms. The van der Waals surface area contributed by atoms with Gasteiger partial charge in [-0.3, -0.25) is 34.4 Å². The molecule has 0 saturated heterocycles. The summed E-state index contributed by atoms with van der Waals surface area (Å²) in [5.41, 5.74) is -0.402. The number of phenols is 4. The zero-order valence-corrected chi connectivity index (χ0v) is 22.1. The maximum atomic E-state index is 13.3. The summed E-state index contributed by atoms with van der Waals surface area (Å²) in [6.45, 7) is 0.0580. The number of non-ortho nitro benzene ring substituents is 1. The molecule has 1 atom stereocenters. The first kappa shape index (κ1) is 29.8. The number of rotatable bonds is 11. The van der Waals surface area contributed by atoms with Gasteiger partial charge in [0.2, 0.25) is 5.91 Å².